The fourth-order valence-electron chi connectivity index (χ4n) is 2.53. The van der Waals surface area contributed by atoms with Crippen LogP contribution in [0.1, 0.15) is 21.5 Å². The standard InChI is InChI=1S/C21H16F3NO2/c1-13-10-16(27-12-14-4-2-5-15(22)11-14)8-9-19(13)25-21(26)17-6-3-7-18(23)20(17)24/h2-11H,12H2,1H3,(H,25,26). The van der Waals surface area contributed by atoms with Crippen molar-refractivity contribution < 1.29 is 22.7 Å². The van der Waals surface area contributed by atoms with Gasteiger partial charge in [-0.05, 0) is 60.5 Å². The molecule has 0 spiro atoms. The first-order valence-corrected chi connectivity index (χ1v) is 8.17. The summed E-state index contributed by atoms with van der Waals surface area (Å²) >= 11 is 0. The zero-order valence-electron chi connectivity index (χ0n) is 14.4. The highest BCUT2D eigenvalue weighted by Gasteiger charge is 2.16. The van der Waals surface area contributed by atoms with Crippen molar-refractivity contribution in [2.45, 2.75) is 13.5 Å². The molecular formula is C21H16F3NO2. The van der Waals surface area contributed by atoms with Crippen LogP contribution in [0, 0.1) is 24.4 Å². The normalized spacial score (nSPS) is 10.5. The summed E-state index contributed by atoms with van der Waals surface area (Å²) in [6.07, 6.45) is 0. The van der Waals surface area contributed by atoms with E-state index >= 15 is 0 Å². The minimum Gasteiger partial charge on any atom is -0.489 e. The van der Waals surface area contributed by atoms with E-state index in [-0.39, 0.29) is 18.0 Å². The number of anilines is 1. The van der Waals surface area contributed by atoms with E-state index in [2.05, 4.69) is 5.32 Å². The molecule has 27 heavy (non-hydrogen) atoms. The summed E-state index contributed by atoms with van der Waals surface area (Å²) in [6, 6.07) is 14.4. The monoisotopic (exact) mass is 371 g/mol. The Kier molecular flexibility index (Phi) is 5.45. The van der Waals surface area contributed by atoms with Gasteiger partial charge in [0.15, 0.2) is 11.6 Å². The molecule has 138 valence electrons. The van der Waals surface area contributed by atoms with Gasteiger partial charge >= 0.3 is 0 Å². The number of amides is 1. The van der Waals surface area contributed by atoms with Gasteiger partial charge in [0.2, 0.25) is 0 Å². The van der Waals surface area contributed by atoms with Gasteiger partial charge in [-0.1, -0.05) is 18.2 Å². The minimum absolute atomic E-state index is 0.192. The molecule has 3 aromatic carbocycles. The summed E-state index contributed by atoms with van der Waals surface area (Å²) in [5, 5.41) is 2.55. The molecule has 0 aromatic heterocycles. The van der Waals surface area contributed by atoms with Crippen molar-refractivity contribution in [1.29, 1.82) is 0 Å². The molecule has 0 radical (unpaired) electrons. The number of benzene rings is 3. The lowest BCUT2D eigenvalue weighted by molar-refractivity contribution is 0.102. The number of carbonyl (C=O) groups excluding carboxylic acids is 1. The number of rotatable bonds is 5. The van der Waals surface area contributed by atoms with Crippen molar-refractivity contribution in [3.63, 3.8) is 0 Å². The van der Waals surface area contributed by atoms with Gasteiger partial charge in [-0.15, -0.1) is 0 Å². The molecule has 3 aromatic rings. The van der Waals surface area contributed by atoms with Crippen LogP contribution in [0.4, 0.5) is 18.9 Å². The van der Waals surface area contributed by atoms with E-state index in [1.807, 2.05) is 0 Å². The van der Waals surface area contributed by atoms with Crippen molar-refractivity contribution in [2.75, 3.05) is 5.32 Å². The van der Waals surface area contributed by atoms with Gasteiger partial charge in [-0.25, -0.2) is 13.2 Å². The van der Waals surface area contributed by atoms with E-state index < -0.39 is 17.5 Å². The molecule has 0 unspecified atom stereocenters. The van der Waals surface area contributed by atoms with E-state index in [1.165, 1.54) is 24.3 Å². The van der Waals surface area contributed by atoms with E-state index in [0.717, 1.165) is 6.07 Å². The Balaban J connectivity index is 1.69. The van der Waals surface area contributed by atoms with Gasteiger partial charge in [-0.2, -0.15) is 0 Å². The summed E-state index contributed by atoms with van der Waals surface area (Å²) in [5.41, 5.74) is 1.44. The molecule has 3 rings (SSSR count). The Labute approximate surface area is 154 Å². The third-order valence-corrected chi connectivity index (χ3v) is 3.94. The fourth-order valence-corrected chi connectivity index (χ4v) is 2.53. The molecule has 0 atom stereocenters. The van der Waals surface area contributed by atoms with E-state index in [9.17, 15) is 18.0 Å². The Bertz CT molecular complexity index is 989. The second-order valence-corrected chi connectivity index (χ2v) is 5.95. The van der Waals surface area contributed by atoms with E-state index in [0.29, 0.717) is 22.6 Å². The van der Waals surface area contributed by atoms with E-state index in [1.54, 1.807) is 37.3 Å². The SMILES string of the molecule is Cc1cc(OCc2cccc(F)c2)ccc1NC(=O)c1cccc(F)c1F. The highest BCUT2D eigenvalue weighted by atomic mass is 19.2. The average Bonchev–Trinajstić information content (AvgIpc) is 2.64. The van der Waals surface area contributed by atoms with Crippen molar-refractivity contribution in [3.8, 4) is 5.75 Å². The molecule has 0 aliphatic heterocycles. The van der Waals surface area contributed by atoms with Gasteiger partial charge in [0, 0.05) is 5.69 Å². The quantitative estimate of drug-likeness (QED) is 0.666. The van der Waals surface area contributed by atoms with Crippen LogP contribution < -0.4 is 10.1 Å². The maximum atomic E-state index is 13.7. The molecule has 0 aliphatic carbocycles. The van der Waals surface area contributed by atoms with Crippen LogP contribution in [0.3, 0.4) is 0 Å². The fraction of sp³-hybridized carbons (Fsp3) is 0.0952. The average molecular weight is 371 g/mol. The summed E-state index contributed by atoms with van der Waals surface area (Å²) in [4.78, 5) is 12.2. The molecule has 0 saturated carbocycles. The van der Waals surface area contributed by atoms with Crippen LogP contribution in [0.25, 0.3) is 0 Å². The van der Waals surface area contributed by atoms with Crippen LogP contribution in [0.15, 0.2) is 60.7 Å². The first-order chi connectivity index (χ1) is 12.9. The zero-order valence-corrected chi connectivity index (χ0v) is 14.4. The molecule has 0 bridgehead atoms. The highest BCUT2D eigenvalue weighted by Crippen LogP contribution is 2.23. The van der Waals surface area contributed by atoms with Crippen molar-refractivity contribution >= 4 is 11.6 Å². The van der Waals surface area contributed by atoms with E-state index in [4.69, 9.17) is 4.74 Å². The minimum atomic E-state index is -1.19. The Morgan fingerprint density at radius 3 is 2.52 bits per heavy atom. The number of hydrogen-bond donors (Lipinski definition) is 1. The first kappa shape index (κ1) is 18.5. The Hall–Kier alpha value is -3.28. The number of carbonyl (C=O) groups is 1. The third-order valence-electron chi connectivity index (χ3n) is 3.94. The van der Waals surface area contributed by atoms with Gasteiger partial charge < -0.3 is 10.1 Å². The van der Waals surface area contributed by atoms with Crippen LogP contribution in [0.5, 0.6) is 5.75 Å². The molecule has 0 fully saturated rings. The van der Waals surface area contributed by atoms with Gasteiger partial charge in [0.05, 0.1) is 5.56 Å². The number of aryl methyl sites for hydroxylation is 1. The lowest BCUT2D eigenvalue weighted by Gasteiger charge is -2.12. The third kappa shape index (κ3) is 4.47. The maximum Gasteiger partial charge on any atom is 0.258 e. The molecule has 0 saturated heterocycles. The predicted molar refractivity (Wildman–Crippen MR) is 96.2 cm³/mol. The number of nitrogens with one attached hydrogen (secondary N) is 1. The molecule has 0 aliphatic rings. The smallest absolute Gasteiger partial charge is 0.258 e. The lowest BCUT2D eigenvalue weighted by atomic mass is 10.1. The molecule has 1 N–H and O–H groups in total. The van der Waals surface area contributed by atoms with Crippen molar-refractivity contribution in [2.24, 2.45) is 0 Å². The molecule has 6 heteroatoms. The van der Waals surface area contributed by atoms with Gasteiger partial charge in [-0.3, -0.25) is 4.79 Å². The molecular weight excluding hydrogens is 355 g/mol. The topological polar surface area (TPSA) is 38.3 Å². The van der Waals surface area contributed by atoms with Crippen LogP contribution in [0.2, 0.25) is 0 Å². The number of halogens is 3. The van der Waals surface area contributed by atoms with Gasteiger partial charge in [0.1, 0.15) is 18.2 Å². The summed E-state index contributed by atoms with van der Waals surface area (Å²) in [6.45, 7) is 1.93. The summed E-state index contributed by atoms with van der Waals surface area (Å²) in [7, 11) is 0. The van der Waals surface area contributed by atoms with Crippen LogP contribution in [-0.4, -0.2) is 5.91 Å². The van der Waals surface area contributed by atoms with Gasteiger partial charge in [0.25, 0.3) is 5.91 Å². The zero-order chi connectivity index (χ0) is 19.4. The number of hydrogen-bond acceptors (Lipinski definition) is 2. The van der Waals surface area contributed by atoms with Crippen LogP contribution in [-0.2, 0) is 6.61 Å². The Morgan fingerprint density at radius 2 is 1.78 bits per heavy atom. The largest absolute Gasteiger partial charge is 0.489 e. The van der Waals surface area contributed by atoms with Crippen LogP contribution >= 0.6 is 0 Å². The van der Waals surface area contributed by atoms with Crippen molar-refractivity contribution in [1.82, 2.24) is 0 Å². The Morgan fingerprint density at radius 1 is 1.00 bits per heavy atom. The summed E-state index contributed by atoms with van der Waals surface area (Å²) < 4.78 is 45.8. The molecule has 0 heterocycles. The number of ether oxygens (including phenoxy) is 1. The predicted octanol–water partition coefficient (Wildman–Crippen LogP) is 5.24. The highest BCUT2D eigenvalue weighted by molar-refractivity contribution is 6.04. The molecule has 3 nitrogen and oxygen atoms in total. The molecule has 1 amide bonds. The summed E-state index contributed by atoms with van der Waals surface area (Å²) in [5.74, 6) is -2.83. The second-order valence-electron chi connectivity index (χ2n) is 5.95. The van der Waals surface area contributed by atoms with Crippen molar-refractivity contribution in [3.05, 3.63) is 94.8 Å². The second kappa shape index (κ2) is 7.95. The first-order valence-electron chi connectivity index (χ1n) is 8.17. The lowest BCUT2D eigenvalue weighted by Crippen LogP contribution is -2.15. The maximum absolute atomic E-state index is 13.7.